The molecule has 4 heteroatoms. The number of hydrogen-bond acceptors (Lipinski definition) is 2. The number of carbonyl (C=O) groups is 1. The van der Waals surface area contributed by atoms with Gasteiger partial charge in [-0.1, -0.05) is 32.1 Å². The lowest BCUT2D eigenvalue weighted by Gasteiger charge is -2.48. The predicted octanol–water partition coefficient (Wildman–Crippen LogP) is 3.98. The molecule has 2 saturated carbocycles. The van der Waals surface area contributed by atoms with Crippen molar-refractivity contribution in [3.05, 3.63) is 24.5 Å². The summed E-state index contributed by atoms with van der Waals surface area (Å²) in [5.74, 6) is 0.618. The van der Waals surface area contributed by atoms with Crippen molar-refractivity contribution in [2.75, 3.05) is 13.1 Å². The molecule has 0 aromatic carbocycles. The highest BCUT2D eigenvalue weighted by molar-refractivity contribution is 5.77. The van der Waals surface area contributed by atoms with Crippen LogP contribution in [-0.2, 0) is 11.3 Å². The summed E-state index contributed by atoms with van der Waals surface area (Å²) >= 11 is 0. The minimum atomic E-state index is -0.497. The third-order valence-electron chi connectivity index (χ3n) is 7.40. The first-order chi connectivity index (χ1) is 12.6. The van der Waals surface area contributed by atoms with E-state index in [2.05, 4.69) is 34.0 Å². The molecule has 4 nitrogen and oxygen atoms in total. The number of fused-ring (bicyclic) bond motifs is 1. The number of likely N-dealkylation sites (tertiary alicyclic amines) is 1. The average Bonchev–Trinajstić information content (AvgIpc) is 3.14. The minimum absolute atomic E-state index is 0.120. The molecular weight excluding hydrogens is 324 g/mol. The van der Waals surface area contributed by atoms with E-state index in [0.717, 1.165) is 58.2 Å². The molecule has 2 aliphatic carbocycles. The zero-order valence-corrected chi connectivity index (χ0v) is 16.0. The van der Waals surface area contributed by atoms with E-state index < -0.39 is 5.60 Å². The number of aromatic nitrogens is 1. The van der Waals surface area contributed by atoms with E-state index in [-0.39, 0.29) is 5.41 Å². The summed E-state index contributed by atoms with van der Waals surface area (Å²) in [6, 6.07) is 4.15. The van der Waals surface area contributed by atoms with Crippen LogP contribution in [0.4, 0.5) is 0 Å². The fraction of sp³-hybridized carbons (Fsp3) is 0.773. The lowest BCUT2D eigenvalue weighted by atomic mass is 9.69. The van der Waals surface area contributed by atoms with Gasteiger partial charge < -0.3 is 14.6 Å². The number of nitrogens with zero attached hydrogens (tertiary/aromatic N) is 2. The number of aliphatic hydroxyl groups is 1. The highest BCUT2D eigenvalue weighted by Crippen LogP contribution is 2.43. The Morgan fingerprint density at radius 2 is 1.73 bits per heavy atom. The third-order valence-corrected chi connectivity index (χ3v) is 7.40. The highest BCUT2D eigenvalue weighted by Gasteiger charge is 2.45. The fourth-order valence-corrected chi connectivity index (χ4v) is 5.79. The van der Waals surface area contributed by atoms with Gasteiger partial charge in [-0.25, -0.2) is 0 Å². The van der Waals surface area contributed by atoms with Crippen molar-refractivity contribution in [1.29, 1.82) is 0 Å². The first kappa shape index (κ1) is 18.1. The van der Waals surface area contributed by atoms with Gasteiger partial charge in [0.2, 0.25) is 5.91 Å². The van der Waals surface area contributed by atoms with Crippen LogP contribution in [0.5, 0.6) is 0 Å². The Kier molecular flexibility index (Phi) is 5.13. The molecule has 144 valence electrons. The highest BCUT2D eigenvalue weighted by atomic mass is 16.3. The second kappa shape index (κ2) is 7.38. The van der Waals surface area contributed by atoms with Crippen molar-refractivity contribution in [3.63, 3.8) is 0 Å². The van der Waals surface area contributed by atoms with E-state index in [4.69, 9.17) is 0 Å². The molecule has 0 spiro atoms. The molecule has 1 aliphatic heterocycles. The van der Waals surface area contributed by atoms with Gasteiger partial charge in [0.15, 0.2) is 0 Å². The van der Waals surface area contributed by atoms with E-state index in [1.165, 1.54) is 25.7 Å². The predicted molar refractivity (Wildman–Crippen MR) is 103 cm³/mol. The van der Waals surface area contributed by atoms with E-state index in [9.17, 15) is 9.90 Å². The van der Waals surface area contributed by atoms with Crippen molar-refractivity contribution in [2.24, 2.45) is 11.3 Å². The standard InChI is InChI=1S/C22H34N2O2/c25-20(24-15-12-22(26)11-5-2-8-19(22)17-24)16-21(9-3-1-4-10-21)18-23-13-6-7-14-23/h6-7,13-14,19,26H,1-5,8-12,15-18H2/t19-,22+/m1/s1. The second-order valence-corrected chi connectivity index (χ2v) is 9.23. The molecule has 1 amide bonds. The van der Waals surface area contributed by atoms with Gasteiger partial charge in [0.05, 0.1) is 5.60 Å². The van der Waals surface area contributed by atoms with Crippen molar-refractivity contribution >= 4 is 5.91 Å². The normalized spacial score (nSPS) is 31.4. The van der Waals surface area contributed by atoms with Crippen LogP contribution in [0.2, 0.25) is 0 Å². The summed E-state index contributed by atoms with van der Waals surface area (Å²) in [6.45, 7) is 2.48. The number of rotatable bonds is 4. The van der Waals surface area contributed by atoms with Crippen molar-refractivity contribution in [1.82, 2.24) is 9.47 Å². The molecular formula is C22H34N2O2. The molecule has 2 atom stereocenters. The van der Waals surface area contributed by atoms with Crippen molar-refractivity contribution < 1.29 is 9.90 Å². The molecule has 4 rings (SSSR count). The molecule has 3 aliphatic rings. The van der Waals surface area contributed by atoms with Crippen LogP contribution < -0.4 is 0 Å². The first-order valence-corrected chi connectivity index (χ1v) is 10.7. The molecule has 1 N–H and O–H groups in total. The van der Waals surface area contributed by atoms with Gasteiger partial charge in [-0.2, -0.15) is 0 Å². The molecule has 3 fully saturated rings. The molecule has 1 aromatic heterocycles. The molecule has 0 radical (unpaired) electrons. The van der Waals surface area contributed by atoms with Crippen molar-refractivity contribution in [3.8, 4) is 0 Å². The van der Waals surface area contributed by atoms with Gasteiger partial charge in [0.25, 0.3) is 0 Å². The molecule has 0 bridgehead atoms. The number of piperidine rings is 1. The smallest absolute Gasteiger partial charge is 0.223 e. The largest absolute Gasteiger partial charge is 0.389 e. The number of carbonyl (C=O) groups excluding carboxylic acids is 1. The Balaban J connectivity index is 1.43. The quantitative estimate of drug-likeness (QED) is 0.885. The Morgan fingerprint density at radius 1 is 1.00 bits per heavy atom. The summed E-state index contributed by atoms with van der Waals surface area (Å²) in [5.41, 5.74) is -0.378. The maximum Gasteiger partial charge on any atom is 0.223 e. The number of hydrogen-bond donors (Lipinski definition) is 1. The van der Waals surface area contributed by atoms with Gasteiger partial charge in [0, 0.05) is 44.4 Å². The van der Waals surface area contributed by atoms with E-state index >= 15 is 0 Å². The summed E-state index contributed by atoms with van der Waals surface area (Å²) < 4.78 is 2.26. The van der Waals surface area contributed by atoms with Crippen molar-refractivity contribution in [2.45, 2.75) is 82.8 Å². The second-order valence-electron chi connectivity index (χ2n) is 9.23. The Labute approximate surface area is 157 Å². The van der Waals surface area contributed by atoms with Crippen LogP contribution in [0.3, 0.4) is 0 Å². The van der Waals surface area contributed by atoms with Gasteiger partial charge in [-0.3, -0.25) is 4.79 Å². The zero-order chi connectivity index (χ0) is 18.0. The zero-order valence-electron chi connectivity index (χ0n) is 16.0. The SMILES string of the molecule is O=C(CC1(Cn2cccc2)CCCCC1)N1CC[C@@]2(O)CCCC[C@@H]2C1. The average molecular weight is 359 g/mol. The third kappa shape index (κ3) is 3.71. The lowest BCUT2D eigenvalue weighted by Crippen LogP contribution is -2.55. The lowest BCUT2D eigenvalue weighted by molar-refractivity contribution is -0.146. The van der Waals surface area contributed by atoms with Crippen LogP contribution in [0.15, 0.2) is 24.5 Å². The van der Waals surface area contributed by atoms with Crippen LogP contribution in [0.25, 0.3) is 0 Å². The maximum atomic E-state index is 13.2. The van der Waals surface area contributed by atoms with Gasteiger partial charge in [-0.15, -0.1) is 0 Å². The van der Waals surface area contributed by atoms with Crippen LogP contribution in [0.1, 0.15) is 70.6 Å². The van der Waals surface area contributed by atoms with E-state index in [0.29, 0.717) is 18.2 Å². The van der Waals surface area contributed by atoms with Gasteiger partial charge in [-0.05, 0) is 49.7 Å². The monoisotopic (exact) mass is 358 g/mol. The summed E-state index contributed by atoms with van der Waals surface area (Å²) in [4.78, 5) is 15.3. The minimum Gasteiger partial charge on any atom is -0.389 e. The van der Waals surface area contributed by atoms with Gasteiger partial charge >= 0.3 is 0 Å². The topological polar surface area (TPSA) is 45.5 Å². The summed E-state index contributed by atoms with van der Waals surface area (Å²) in [7, 11) is 0. The molecule has 26 heavy (non-hydrogen) atoms. The molecule has 1 saturated heterocycles. The molecule has 2 heterocycles. The Hall–Kier alpha value is -1.29. The summed E-state index contributed by atoms with van der Waals surface area (Å²) in [5, 5.41) is 10.9. The van der Waals surface area contributed by atoms with Crippen LogP contribution in [-0.4, -0.2) is 39.2 Å². The Bertz CT molecular complexity index is 606. The fourth-order valence-electron chi connectivity index (χ4n) is 5.79. The maximum absolute atomic E-state index is 13.2. The van der Waals surface area contributed by atoms with Crippen LogP contribution >= 0.6 is 0 Å². The Morgan fingerprint density at radius 3 is 2.50 bits per heavy atom. The van der Waals surface area contributed by atoms with E-state index in [1.54, 1.807) is 0 Å². The summed E-state index contributed by atoms with van der Waals surface area (Å²) in [6.07, 6.45) is 16.2. The van der Waals surface area contributed by atoms with Gasteiger partial charge in [0.1, 0.15) is 0 Å². The van der Waals surface area contributed by atoms with Crippen LogP contribution in [0, 0.1) is 11.3 Å². The molecule has 0 unspecified atom stereocenters. The number of amides is 1. The van der Waals surface area contributed by atoms with E-state index in [1.807, 2.05) is 0 Å². The first-order valence-electron chi connectivity index (χ1n) is 10.7. The molecule has 1 aromatic rings.